The number of nitrogens with zero attached hydrogens (tertiary/aromatic N) is 2. The smallest absolute Gasteiger partial charge is 0.160 e. The van der Waals surface area contributed by atoms with Gasteiger partial charge in [-0.15, -0.1) is 11.8 Å². The third-order valence-corrected chi connectivity index (χ3v) is 6.18. The lowest BCUT2D eigenvalue weighted by Crippen LogP contribution is -2.47. The second-order valence-electron chi connectivity index (χ2n) is 7.40. The van der Waals surface area contributed by atoms with Crippen molar-refractivity contribution in [2.75, 3.05) is 51.8 Å². The van der Waals surface area contributed by atoms with E-state index in [1.807, 2.05) is 17.8 Å². The molecule has 2 aromatic rings. The zero-order chi connectivity index (χ0) is 19.9. The first-order valence-electron chi connectivity index (χ1n) is 10.0. The fourth-order valence-electron chi connectivity index (χ4n) is 3.61. The normalized spacial score (nSPS) is 15.1. The van der Waals surface area contributed by atoms with Gasteiger partial charge in [-0.2, -0.15) is 0 Å². The second-order valence-corrected chi connectivity index (χ2v) is 9.02. The highest BCUT2D eigenvalue weighted by Gasteiger charge is 2.19. The molecule has 3 rings (SSSR count). The van der Waals surface area contributed by atoms with Gasteiger partial charge in [-0.1, -0.05) is 32.0 Å². The molecule has 1 aliphatic rings. The first-order chi connectivity index (χ1) is 13.6. The lowest BCUT2D eigenvalue weighted by molar-refractivity contribution is 0.260. The molecule has 1 fully saturated rings. The summed E-state index contributed by atoms with van der Waals surface area (Å²) in [5.74, 6) is 1.60. The van der Waals surface area contributed by atoms with Crippen LogP contribution >= 0.6 is 11.8 Å². The first kappa shape index (κ1) is 20.9. The van der Waals surface area contributed by atoms with Gasteiger partial charge in [-0.3, -0.25) is 4.90 Å². The average molecular weight is 401 g/mol. The Kier molecular flexibility index (Phi) is 7.51. The molecule has 0 aliphatic carbocycles. The molecule has 0 saturated carbocycles. The van der Waals surface area contributed by atoms with Crippen LogP contribution in [0.3, 0.4) is 0 Å². The molecule has 0 spiro atoms. The standard InChI is InChI=1S/C23H32N2O2S/c1-18(2)28-23-8-6-5-7-20(23)25-15-13-24(14-16-25)12-11-19-9-10-21(26-3)22(17-19)27-4/h5-10,17-18H,11-16H2,1-4H3. The first-order valence-corrected chi connectivity index (χ1v) is 10.9. The van der Waals surface area contributed by atoms with Gasteiger partial charge in [0.25, 0.3) is 0 Å². The summed E-state index contributed by atoms with van der Waals surface area (Å²) in [6.07, 6.45) is 1.03. The molecular formula is C23H32N2O2S. The Morgan fingerprint density at radius 3 is 2.32 bits per heavy atom. The summed E-state index contributed by atoms with van der Waals surface area (Å²) < 4.78 is 10.8. The quantitative estimate of drug-likeness (QED) is 0.605. The van der Waals surface area contributed by atoms with Crippen LogP contribution in [0.25, 0.3) is 0 Å². The molecule has 0 amide bonds. The van der Waals surface area contributed by atoms with Crippen molar-refractivity contribution in [3.05, 3.63) is 48.0 Å². The van der Waals surface area contributed by atoms with Gasteiger partial charge < -0.3 is 14.4 Å². The Morgan fingerprint density at radius 2 is 1.64 bits per heavy atom. The Bertz CT molecular complexity index is 758. The molecule has 0 bridgehead atoms. The lowest BCUT2D eigenvalue weighted by atomic mass is 10.1. The average Bonchev–Trinajstić information content (AvgIpc) is 2.72. The fraction of sp³-hybridized carbons (Fsp3) is 0.478. The maximum Gasteiger partial charge on any atom is 0.160 e. The summed E-state index contributed by atoms with van der Waals surface area (Å²) in [5, 5.41) is 0.601. The van der Waals surface area contributed by atoms with E-state index in [9.17, 15) is 0 Å². The van der Waals surface area contributed by atoms with Crippen molar-refractivity contribution in [1.29, 1.82) is 0 Å². The predicted molar refractivity (Wildman–Crippen MR) is 119 cm³/mol. The van der Waals surface area contributed by atoms with E-state index < -0.39 is 0 Å². The van der Waals surface area contributed by atoms with Gasteiger partial charge in [0, 0.05) is 42.9 Å². The summed E-state index contributed by atoms with van der Waals surface area (Å²) in [4.78, 5) is 6.50. The number of ether oxygens (including phenoxy) is 2. The van der Waals surface area contributed by atoms with Crippen molar-refractivity contribution < 1.29 is 9.47 Å². The minimum Gasteiger partial charge on any atom is -0.493 e. The molecule has 0 radical (unpaired) electrons. The van der Waals surface area contributed by atoms with Crippen LogP contribution in [-0.4, -0.2) is 57.1 Å². The maximum absolute atomic E-state index is 5.42. The molecule has 0 unspecified atom stereocenters. The monoisotopic (exact) mass is 400 g/mol. The molecule has 2 aromatic carbocycles. The minimum absolute atomic E-state index is 0.601. The number of rotatable bonds is 8. The van der Waals surface area contributed by atoms with Gasteiger partial charge in [-0.05, 0) is 36.2 Å². The molecule has 152 valence electrons. The maximum atomic E-state index is 5.42. The summed E-state index contributed by atoms with van der Waals surface area (Å²) in [7, 11) is 3.37. The number of hydrogen-bond donors (Lipinski definition) is 0. The minimum atomic E-state index is 0.601. The Balaban J connectivity index is 1.54. The van der Waals surface area contributed by atoms with E-state index in [0.717, 1.165) is 50.6 Å². The molecule has 1 aliphatic heterocycles. The Morgan fingerprint density at radius 1 is 0.929 bits per heavy atom. The number of piperazine rings is 1. The zero-order valence-corrected chi connectivity index (χ0v) is 18.3. The number of benzene rings is 2. The molecule has 5 heteroatoms. The largest absolute Gasteiger partial charge is 0.493 e. The highest BCUT2D eigenvalue weighted by molar-refractivity contribution is 8.00. The number of anilines is 1. The van der Waals surface area contributed by atoms with Crippen LogP contribution in [-0.2, 0) is 6.42 Å². The number of hydrogen-bond acceptors (Lipinski definition) is 5. The lowest BCUT2D eigenvalue weighted by Gasteiger charge is -2.37. The van der Waals surface area contributed by atoms with Crippen LogP contribution in [0.1, 0.15) is 19.4 Å². The molecule has 0 atom stereocenters. The third-order valence-electron chi connectivity index (χ3n) is 5.11. The van der Waals surface area contributed by atoms with Crippen LogP contribution in [0.4, 0.5) is 5.69 Å². The SMILES string of the molecule is COc1ccc(CCN2CCN(c3ccccc3SC(C)C)CC2)cc1OC. The van der Waals surface area contributed by atoms with Crippen molar-refractivity contribution in [2.24, 2.45) is 0 Å². The van der Waals surface area contributed by atoms with E-state index in [1.54, 1.807) is 14.2 Å². The Hall–Kier alpha value is -1.85. The summed E-state index contributed by atoms with van der Waals surface area (Å²) in [6.45, 7) is 9.97. The van der Waals surface area contributed by atoms with Crippen molar-refractivity contribution in [3.63, 3.8) is 0 Å². The van der Waals surface area contributed by atoms with Crippen LogP contribution in [0, 0.1) is 0 Å². The predicted octanol–water partition coefficient (Wildman–Crippen LogP) is 4.57. The summed E-state index contributed by atoms with van der Waals surface area (Å²) in [5.41, 5.74) is 2.68. The van der Waals surface area contributed by atoms with Crippen molar-refractivity contribution in [2.45, 2.75) is 30.4 Å². The van der Waals surface area contributed by atoms with Crippen LogP contribution in [0.15, 0.2) is 47.4 Å². The molecule has 28 heavy (non-hydrogen) atoms. The van der Waals surface area contributed by atoms with E-state index in [-0.39, 0.29) is 0 Å². The van der Waals surface area contributed by atoms with Crippen LogP contribution in [0.2, 0.25) is 0 Å². The molecule has 0 N–H and O–H groups in total. The molecule has 1 saturated heterocycles. The van der Waals surface area contributed by atoms with Gasteiger partial charge in [0.15, 0.2) is 11.5 Å². The molecule has 0 aromatic heterocycles. The second kappa shape index (κ2) is 10.1. The number of methoxy groups -OCH3 is 2. The van der Waals surface area contributed by atoms with E-state index in [2.05, 4.69) is 60.0 Å². The van der Waals surface area contributed by atoms with Gasteiger partial charge in [0.1, 0.15) is 0 Å². The van der Waals surface area contributed by atoms with E-state index in [0.29, 0.717) is 5.25 Å². The molecule has 1 heterocycles. The number of thioether (sulfide) groups is 1. The van der Waals surface area contributed by atoms with E-state index >= 15 is 0 Å². The zero-order valence-electron chi connectivity index (χ0n) is 17.5. The van der Waals surface area contributed by atoms with Gasteiger partial charge in [-0.25, -0.2) is 0 Å². The van der Waals surface area contributed by atoms with Gasteiger partial charge in [0.05, 0.1) is 19.9 Å². The topological polar surface area (TPSA) is 24.9 Å². The highest BCUT2D eigenvalue weighted by atomic mass is 32.2. The number of para-hydroxylation sites is 1. The fourth-order valence-corrected chi connectivity index (χ4v) is 4.59. The summed E-state index contributed by atoms with van der Waals surface area (Å²) in [6, 6.07) is 15.0. The summed E-state index contributed by atoms with van der Waals surface area (Å²) >= 11 is 1.96. The Labute approximate surface area is 173 Å². The van der Waals surface area contributed by atoms with Crippen LogP contribution < -0.4 is 14.4 Å². The highest BCUT2D eigenvalue weighted by Crippen LogP contribution is 2.33. The van der Waals surface area contributed by atoms with Crippen molar-refractivity contribution in [1.82, 2.24) is 4.90 Å². The third kappa shape index (κ3) is 5.36. The van der Waals surface area contributed by atoms with Crippen molar-refractivity contribution >= 4 is 17.4 Å². The molecular weight excluding hydrogens is 368 g/mol. The van der Waals surface area contributed by atoms with Crippen molar-refractivity contribution in [3.8, 4) is 11.5 Å². The van der Waals surface area contributed by atoms with Gasteiger partial charge in [0.2, 0.25) is 0 Å². The van der Waals surface area contributed by atoms with Crippen LogP contribution in [0.5, 0.6) is 11.5 Å². The van der Waals surface area contributed by atoms with E-state index in [1.165, 1.54) is 16.1 Å². The van der Waals surface area contributed by atoms with Gasteiger partial charge >= 0.3 is 0 Å². The van der Waals surface area contributed by atoms with E-state index in [4.69, 9.17) is 9.47 Å². The molecule has 4 nitrogen and oxygen atoms in total.